The minimum atomic E-state index is 0.605. The second-order valence-corrected chi connectivity index (χ2v) is 7.23. The molecule has 7 heteroatoms. The molecule has 0 saturated carbocycles. The zero-order chi connectivity index (χ0) is 17.6. The Bertz CT molecular complexity index is 837. The van der Waals surface area contributed by atoms with Crippen molar-refractivity contribution in [1.82, 2.24) is 14.8 Å². The van der Waals surface area contributed by atoms with Gasteiger partial charge in [0.05, 0.1) is 13.7 Å². The van der Waals surface area contributed by atoms with Crippen LogP contribution in [0.1, 0.15) is 0 Å². The molecule has 0 unspecified atom stereocenters. The molecule has 1 aromatic heterocycles. The summed E-state index contributed by atoms with van der Waals surface area (Å²) in [5.74, 6) is 3.27. The van der Waals surface area contributed by atoms with E-state index in [2.05, 4.69) is 26.1 Å². The van der Waals surface area contributed by atoms with E-state index in [4.69, 9.17) is 9.47 Å². The Morgan fingerprint density at radius 3 is 2.64 bits per heavy atom. The second kappa shape index (κ2) is 8.40. The van der Waals surface area contributed by atoms with E-state index >= 15 is 0 Å². The van der Waals surface area contributed by atoms with Crippen LogP contribution in [0.15, 0.2) is 58.2 Å². The second-order valence-electron chi connectivity index (χ2n) is 5.25. The molecule has 130 valence electrons. The van der Waals surface area contributed by atoms with Gasteiger partial charge >= 0.3 is 0 Å². The van der Waals surface area contributed by atoms with Gasteiger partial charge in [-0.2, -0.15) is 0 Å². The lowest BCUT2D eigenvalue weighted by Gasteiger charge is -2.07. The minimum Gasteiger partial charge on any atom is -0.497 e. The van der Waals surface area contributed by atoms with E-state index in [1.165, 1.54) is 0 Å². The first kappa shape index (κ1) is 17.8. The van der Waals surface area contributed by atoms with Crippen molar-refractivity contribution >= 4 is 27.7 Å². The van der Waals surface area contributed by atoms with Crippen LogP contribution in [0.3, 0.4) is 0 Å². The van der Waals surface area contributed by atoms with Gasteiger partial charge in [0.2, 0.25) is 0 Å². The summed E-state index contributed by atoms with van der Waals surface area (Å²) in [5.41, 5.74) is 0.979. The maximum atomic E-state index is 5.73. The van der Waals surface area contributed by atoms with Gasteiger partial charge in [0.1, 0.15) is 11.5 Å². The molecule has 3 aromatic rings. The summed E-state index contributed by atoms with van der Waals surface area (Å²) >= 11 is 5.03. The highest BCUT2D eigenvalue weighted by atomic mass is 79.9. The van der Waals surface area contributed by atoms with Gasteiger partial charge in [-0.15, -0.1) is 10.2 Å². The summed E-state index contributed by atoms with van der Waals surface area (Å²) in [7, 11) is 3.62. The summed E-state index contributed by atoms with van der Waals surface area (Å²) in [5, 5.41) is 9.43. The predicted octanol–water partition coefficient (Wildman–Crippen LogP) is 4.42. The zero-order valence-corrected chi connectivity index (χ0v) is 16.4. The molecule has 0 aliphatic rings. The van der Waals surface area contributed by atoms with Gasteiger partial charge in [0, 0.05) is 22.8 Å². The Morgan fingerprint density at radius 1 is 1.08 bits per heavy atom. The highest BCUT2D eigenvalue weighted by molar-refractivity contribution is 9.10. The van der Waals surface area contributed by atoms with Crippen molar-refractivity contribution in [2.24, 2.45) is 7.05 Å². The van der Waals surface area contributed by atoms with Crippen molar-refractivity contribution < 1.29 is 9.47 Å². The third-order valence-electron chi connectivity index (χ3n) is 3.56. The van der Waals surface area contributed by atoms with Gasteiger partial charge < -0.3 is 14.0 Å². The lowest BCUT2D eigenvalue weighted by atomic mass is 10.2. The molecule has 25 heavy (non-hydrogen) atoms. The smallest absolute Gasteiger partial charge is 0.191 e. The van der Waals surface area contributed by atoms with Crippen molar-refractivity contribution in [3.05, 3.63) is 53.0 Å². The molecule has 0 atom stereocenters. The fourth-order valence-corrected chi connectivity index (χ4v) is 3.27. The van der Waals surface area contributed by atoms with Crippen LogP contribution in [-0.2, 0) is 7.05 Å². The first-order valence-electron chi connectivity index (χ1n) is 7.72. The summed E-state index contributed by atoms with van der Waals surface area (Å²) in [6.45, 7) is 0.605. The van der Waals surface area contributed by atoms with Gasteiger partial charge in [0.15, 0.2) is 11.0 Å². The van der Waals surface area contributed by atoms with E-state index in [-0.39, 0.29) is 0 Å². The first-order chi connectivity index (χ1) is 12.2. The Kier molecular flexibility index (Phi) is 5.99. The molecule has 0 fully saturated rings. The molecule has 0 bridgehead atoms. The summed E-state index contributed by atoms with van der Waals surface area (Å²) in [4.78, 5) is 0. The number of ether oxygens (including phenoxy) is 2. The lowest BCUT2D eigenvalue weighted by molar-refractivity contribution is 0.344. The highest BCUT2D eigenvalue weighted by Gasteiger charge is 2.11. The van der Waals surface area contributed by atoms with E-state index in [1.807, 2.05) is 60.1 Å². The molecule has 0 amide bonds. The van der Waals surface area contributed by atoms with Gasteiger partial charge in [-0.05, 0) is 36.4 Å². The number of rotatable bonds is 7. The largest absolute Gasteiger partial charge is 0.497 e. The fraction of sp³-hybridized carbons (Fsp3) is 0.222. The van der Waals surface area contributed by atoms with Crippen LogP contribution in [-0.4, -0.2) is 34.2 Å². The van der Waals surface area contributed by atoms with E-state index in [0.717, 1.165) is 38.3 Å². The topological polar surface area (TPSA) is 49.2 Å². The van der Waals surface area contributed by atoms with Gasteiger partial charge in [-0.25, -0.2) is 0 Å². The highest BCUT2D eigenvalue weighted by Crippen LogP contribution is 2.25. The van der Waals surface area contributed by atoms with E-state index in [1.54, 1.807) is 18.9 Å². The van der Waals surface area contributed by atoms with Crippen molar-refractivity contribution in [1.29, 1.82) is 0 Å². The maximum absolute atomic E-state index is 5.73. The van der Waals surface area contributed by atoms with E-state index in [9.17, 15) is 0 Å². The molecule has 0 N–H and O–H groups in total. The van der Waals surface area contributed by atoms with Crippen LogP contribution in [0.5, 0.6) is 11.5 Å². The molecular formula is C18H18BrN3O2S. The molecule has 3 rings (SSSR count). The molecule has 0 spiro atoms. The number of halogens is 1. The van der Waals surface area contributed by atoms with Crippen molar-refractivity contribution in [3.8, 4) is 22.9 Å². The fourth-order valence-electron chi connectivity index (χ4n) is 2.28. The molecular weight excluding hydrogens is 402 g/mol. The Hall–Kier alpha value is -1.99. The van der Waals surface area contributed by atoms with E-state index < -0.39 is 0 Å². The first-order valence-corrected chi connectivity index (χ1v) is 9.50. The average Bonchev–Trinajstić information content (AvgIpc) is 3.01. The van der Waals surface area contributed by atoms with E-state index in [0.29, 0.717) is 6.61 Å². The van der Waals surface area contributed by atoms with Gasteiger partial charge in [-0.3, -0.25) is 0 Å². The minimum absolute atomic E-state index is 0.605. The van der Waals surface area contributed by atoms with Gasteiger partial charge in [0.25, 0.3) is 0 Å². The summed E-state index contributed by atoms with van der Waals surface area (Å²) in [6.07, 6.45) is 0. The molecule has 5 nitrogen and oxygen atoms in total. The SMILES string of the molecule is COc1cccc(-c2nnc(SCCOc3ccc(Br)cc3)n2C)c1. The zero-order valence-electron chi connectivity index (χ0n) is 14.0. The summed E-state index contributed by atoms with van der Waals surface area (Å²) < 4.78 is 14.0. The summed E-state index contributed by atoms with van der Waals surface area (Å²) in [6, 6.07) is 15.6. The lowest BCUT2D eigenvalue weighted by Crippen LogP contribution is -2.02. The van der Waals surface area contributed by atoms with Crippen LogP contribution in [0.4, 0.5) is 0 Å². The number of nitrogens with zero attached hydrogens (tertiary/aromatic N) is 3. The van der Waals surface area contributed by atoms with Crippen LogP contribution >= 0.6 is 27.7 Å². The molecule has 1 heterocycles. The molecule has 0 saturated heterocycles. The number of thioether (sulfide) groups is 1. The number of hydrogen-bond acceptors (Lipinski definition) is 5. The Morgan fingerprint density at radius 2 is 1.88 bits per heavy atom. The molecule has 2 aromatic carbocycles. The standard InChI is InChI=1S/C18H18BrN3O2S/c1-22-17(13-4-3-5-16(12-13)23-2)20-21-18(22)25-11-10-24-15-8-6-14(19)7-9-15/h3-9,12H,10-11H2,1-2H3. The van der Waals surface area contributed by atoms with Crippen molar-refractivity contribution in [3.63, 3.8) is 0 Å². The quantitative estimate of drug-likeness (QED) is 0.418. The van der Waals surface area contributed by atoms with Crippen LogP contribution < -0.4 is 9.47 Å². The molecule has 0 radical (unpaired) electrons. The van der Waals surface area contributed by atoms with Crippen LogP contribution in [0.2, 0.25) is 0 Å². The van der Waals surface area contributed by atoms with Crippen LogP contribution in [0.25, 0.3) is 11.4 Å². The normalized spacial score (nSPS) is 10.7. The number of benzene rings is 2. The van der Waals surface area contributed by atoms with Crippen LogP contribution in [0, 0.1) is 0 Å². The molecule has 0 aliphatic carbocycles. The van der Waals surface area contributed by atoms with Crippen molar-refractivity contribution in [2.75, 3.05) is 19.5 Å². The number of hydrogen-bond donors (Lipinski definition) is 0. The Labute approximate surface area is 159 Å². The maximum Gasteiger partial charge on any atom is 0.191 e. The van der Waals surface area contributed by atoms with Gasteiger partial charge in [-0.1, -0.05) is 39.8 Å². The third kappa shape index (κ3) is 4.55. The molecule has 0 aliphatic heterocycles. The number of aromatic nitrogens is 3. The Balaban J connectivity index is 1.58. The average molecular weight is 420 g/mol. The third-order valence-corrected chi connectivity index (χ3v) is 5.07. The van der Waals surface area contributed by atoms with Crippen molar-refractivity contribution in [2.45, 2.75) is 5.16 Å². The predicted molar refractivity (Wildman–Crippen MR) is 103 cm³/mol. The number of methoxy groups -OCH3 is 1. The monoisotopic (exact) mass is 419 g/mol.